The Morgan fingerprint density at radius 2 is 2.10 bits per heavy atom. The second-order valence-corrected chi connectivity index (χ2v) is 7.85. The summed E-state index contributed by atoms with van der Waals surface area (Å²) in [5.74, 6) is 0.164. The molecule has 1 saturated heterocycles. The molecular formula is C15H17NO4S. The largest absolute Gasteiger partial charge is 0.451 e. The average molecular weight is 307 g/mol. The van der Waals surface area contributed by atoms with Crippen LogP contribution in [0.4, 0.5) is 0 Å². The fourth-order valence-corrected chi connectivity index (χ4v) is 4.44. The Morgan fingerprint density at radius 3 is 2.76 bits per heavy atom. The van der Waals surface area contributed by atoms with Crippen molar-refractivity contribution in [2.24, 2.45) is 0 Å². The van der Waals surface area contributed by atoms with Gasteiger partial charge in [0.2, 0.25) is 0 Å². The van der Waals surface area contributed by atoms with E-state index in [0.29, 0.717) is 12.0 Å². The number of fused-ring (bicyclic) bond motifs is 1. The van der Waals surface area contributed by atoms with Crippen molar-refractivity contribution in [1.82, 2.24) is 4.90 Å². The van der Waals surface area contributed by atoms with Gasteiger partial charge in [-0.25, -0.2) is 8.42 Å². The van der Waals surface area contributed by atoms with Gasteiger partial charge in [0.05, 0.1) is 11.5 Å². The zero-order valence-corrected chi connectivity index (χ0v) is 12.8. The van der Waals surface area contributed by atoms with E-state index in [1.165, 1.54) is 4.90 Å². The van der Waals surface area contributed by atoms with E-state index in [1.54, 1.807) is 13.1 Å². The molecule has 1 aliphatic rings. The van der Waals surface area contributed by atoms with Crippen molar-refractivity contribution in [2.75, 3.05) is 18.6 Å². The lowest BCUT2D eigenvalue weighted by Crippen LogP contribution is -2.37. The van der Waals surface area contributed by atoms with Crippen LogP contribution in [0.25, 0.3) is 11.0 Å². The summed E-state index contributed by atoms with van der Waals surface area (Å²) >= 11 is 0. The summed E-state index contributed by atoms with van der Waals surface area (Å²) in [7, 11) is -1.38. The molecule has 0 radical (unpaired) electrons. The number of hydrogen-bond acceptors (Lipinski definition) is 4. The number of benzene rings is 1. The minimum Gasteiger partial charge on any atom is -0.451 e. The lowest BCUT2D eigenvalue weighted by molar-refractivity contribution is 0.0718. The topological polar surface area (TPSA) is 67.6 Å². The molecule has 2 aromatic rings. The molecule has 0 aliphatic carbocycles. The monoisotopic (exact) mass is 307 g/mol. The number of furan rings is 1. The molecule has 5 nitrogen and oxygen atoms in total. The summed E-state index contributed by atoms with van der Waals surface area (Å²) in [5.41, 5.74) is 1.73. The highest BCUT2D eigenvalue weighted by molar-refractivity contribution is 7.91. The summed E-state index contributed by atoms with van der Waals surface area (Å²) in [6.07, 6.45) is 0.490. The number of rotatable bonds is 2. The maximum atomic E-state index is 12.4. The molecule has 2 heterocycles. The molecule has 1 amide bonds. The lowest BCUT2D eigenvalue weighted by atomic mass is 10.2. The van der Waals surface area contributed by atoms with E-state index in [1.807, 2.05) is 25.1 Å². The molecule has 0 bridgehead atoms. The Balaban J connectivity index is 1.86. The van der Waals surface area contributed by atoms with Crippen molar-refractivity contribution in [2.45, 2.75) is 19.4 Å². The smallest absolute Gasteiger partial charge is 0.289 e. The minimum atomic E-state index is -3.01. The number of carbonyl (C=O) groups excluding carboxylic acids is 1. The molecule has 1 fully saturated rings. The third kappa shape index (κ3) is 2.68. The molecule has 1 aliphatic heterocycles. The van der Waals surface area contributed by atoms with Crippen molar-refractivity contribution in [3.63, 3.8) is 0 Å². The van der Waals surface area contributed by atoms with Crippen LogP contribution in [0.2, 0.25) is 0 Å². The third-order valence-corrected chi connectivity index (χ3v) is 5.71. The average Bonchev–Trinajstić information content (AvgIpc) is 2.99. The normalized spacial score (nSPS) is 20.8. The first-order chi connectivity index (χ1) is 9.85. The van der Waals surface area contributed by atoms with Gasteiger partial charge in [-0.15, -0.1) is 0 Å². The zero-order valence-electron chi connectivity index (χ0n) is 12.0. The van der Waals surface area contributed by atoms with Crippen LogP contribution in [-0.4, -0.2) is 43.8 Å². The molecule has 1 aromatic heterocycles. The fraction of sp³-hybridized carbons (Fsp3) is 0.400. The Labute approximate surface area is 123 Å². The number of sulfone groups is 1. The van der Waals surface area contributed by atoms with E-state index in [9.17, 15) is 13.2 Å². The van der Waals surface area contributed by atoms with E-state index < -0.39 is 9.84 Å². The first-order valence-corrected chi connectivity index (χ1v) is 8.66. The second-order valence-electron chi connectivity index (χ2n) is 5.62. The SMILES string of the molecule is Cc1ccc2cc(C(=O)N(C)C3CCS(=O)(=O)C3)oc2c1. The third-order valence-electron chi connectivity index (χ3n) is 3.96. The van der Waals surface area contributed by atoms with Gasteiger partial charge < -0.3 is 9.32 Å². The van der Waals surface area contributed by atoms with Gasteiger partial charge in [-0.2, -0.15) is 0 Å². The van der Waals surface area contributed by atoms with Crippen LogP contribution in [-0.2, 0) is 9.84 Å². The van der Waals surface area contributed by atoms with E-state index in [-0.39, 0.29) is 29.2 Å². The van der Waals surface area contributed by atoms with Gasteiger partial charge in [0.15, 0.2) is 15.6 Å². The molecule has 1 unspecified atom stereocenters. The van der Waals surface area contributed by atoms with Crippen LogP contribution in [0.15, 0.2) is 28.7 Å². The molecule has 0 N–H and O–H groups in total. The summed E-state index contributed by atoms with van der Waals surface area (Å²) in [6, 6.07) is 7.19. The maximum absolute atomic E-state index is 12.4. The van der Waals surface area contributed by atoms with E-state index in [4.69, 9.17) is 4.42 Å². The predicted octanol–water partition coefficient (Wildman–Crippen LogP) is 2.00. The number of carbonyl (C=O) groups is 1. The van der Waals surface area contributed by atoms with Crippen LogP contribution in [0.5, 0.6) is 0 Å². The van der Waals surface area contributed by atoms with Gasteiger partial charge in [-0.05, 0) is 31.0 Å². The van der Waals surface area contributed by atoms with E-state index in [0.717, 1.165) is 10.9 Å². The first-order valence-electron chi connectivity index (χ1n) is 6.83. The van der Waals surface area contributed by atoms with Crippen molar-refractivity contribution >= 4 is 26.7 Å². The highest BCUT2D eigenvalue weighted by Crippen LogP contribution is 2.23. The van der Waals surface area contributed by atoms with Gasteiger partial charge in [-0.1, -0.05) is 12.1 Å². The number of amides is 1. The second kappa shape index (κ2) is 4.87. The summed E-state index contributed by atoms with van der Waals surface area (Å²) in [5, 5.41) is 0.872. The minimum absolute atomic E-state index is 0.0363. The maximum Gasteiger partial charge on any atom is 0.289 e. The fourth-order valence-electron chi connectivity index (χ4n) is 2.66. The van der Waals surface area contributed by atoms with Crippen molar-refractivity contribution in [1.29, 1.82) is 0 Å². The highest BCUT2D eigenvalue weighted by Gasteiger charge is 2.33. The van der Waals surface area contributed by atoms with Crippen LogP contribution in [0.1, 0.15) is 22.5 Å². The van der Waals surface area contributed by atoms with Gasteiger partial charge in [0.25, 0.3) is 5.91 Å². The van der Waals surface area contributed by atoms with Crippen LogP contribution in [0.3, 0.4) is 0 Å². The number of nitrogens with zero attached hydrogens (tertiary/aromatic N) is 1. The van der Waals surface area contributed by atoms with Gasteiger partial charge >= 0.3 is 0 Å². The molecule has 0 saturated carbocycles. The molecule has 1 aromatic carbocycles. The Morgan fingerprint density at radius 1 is 1.33 bits per heavy atom. The quantitative estimate of drug-likeness (QED) is 0.851. The van der Waals surface area contributed by atoms with Crippen molar-refractivity contribution in [3.05, 3.63) is 35.6 Å². The predicted molar refractivity (Wildman–Crippen MR) is 80.1 cm³/mol. The molecule has 112 valence electrons. The standard InChI is InChI=1S/C15H17NO4S/c1-10-3-4-11-8-14(20-13(11)7-10)15(17)16(2)12-5-6-21(18,19)9-12/h3-4,7-8,12H,5-6,9H2,1-2H3. The molecule has 3 rings (SSSR count). The molecule has 1 atom stereocenters. The summed E-state index contributed by atoms with van der Waals surface area (Å²) in [6.45, 7) is 1.96. The van der Waals surface area contributed by atoms with E-state index >= 15 is 0 Å². The lowest BCUT2D eigenvalue weighted by Gasteiger charge is -2.22. The number of aryl methyl sites for hydroxylation is 1. The van der Waals surface area contributed by atoms with Crippen molar-refractivity contribution in [3.8, 4) is 0 Å². The Hall–Kier alpha value is -1.82. The molecule has 0 spiro atoms. The van der Waals surface area contributed by atoms with Crippen LogP contribution in [0, 0.1) is 6.92 Å². The highest BCUT2D eigenvalue weighted by atomic mass is 32.2. The van der Waals surface area contributed by atoms with Crippen LogP contribution < -0.4 is 0 Å². The first kappa shape index (κ1) is 14.1. The molecular weight excluding hydrogens is 290 g/mol. The Bertz CT molecular complexity index is 806. The van der Waals surface area contributed by atoms with E-state index in [2.05, 4.69) is 0 Å². The number of hydrogen-bond donors (Lipinski definition) is 0. The zero-order chi connectivity index (χ0) is 15.2. The Kier molecular flexibility index (Phi) is 3.28. The summed E-state index contributed by atoms with van der Waals surface area (Å²) < 4.78 is 28.6. The molecule has 21 heavy (non-hydrogen) atoms. The van der Waals surface area contributed by atoms with Gasteiger partial charge in [0, 0.05) is 18.5 Å². The summed E-state index contributed by atoms with van der Waals surface area (Å²) in [4.78, 5) is 13.9. The van der Waals surface area contributed by atoms with Crippen LogP contribution >= 0.6 is 0 Å². The van der Waals surface area contributed by atoms with Gasteiger partial charge in [0.1, 0.15) is 5.58 Å². The van der Waals surface area contributed by atoms with Gasteiger partial charge in [-0.3, -0.25) is 4.79 Å². The molecule has 6 heteroatoms. The van der Waals surface area contributed by atoms with Crippen molar-refractivity contribution < 1.29 is 17.6 Å².